The van der Waals surface area contributed by atoms with Gasteiger partial charge in [-0.15, -0.1) is 0 Å². The molecular formula is C16H16F3N3O3. The molecule has 0 spiro atoms. The van der Waals surface area contributed by atoms with Crippen LogP contribution in [-0.4, -0.2) is 39.9 Å². The van der Waals surface area contributed by atoms with Crippen LogP contribution in [0.3, 0.4) is 0 Å². The Bertz CT molecular complexity index is 767. The summed E-state index contributed by atoms with van der Waals surface area (Å²) in [4.78, 5) is 18.4. The van der Waals surface area contributed by atoms with Gasteiger partial charge in [0.2, 0.25) is 0 Å². The molecule has 0 bridgehead atoms. The van der Waals surface area contributed by atoms with E-state index in [0.717, 1.165) is 12.1 Å². The molecule has 2 aromatic rings. The Morgan fingerprint density at radius 1 is 1.36 bits per heavy atom. The van der Waals surface area contributed by atoms with Crippen molar-refractivity contribution in [2.45, 2.75) is 24.6 Å². The Morgan fingerprint density at radius 3 is 2.48 bits per heavy atom. The van der Waals surface area contributed by atoms with Gasteiger partial charge in [0.1, 0.15) is 5.82 Å². The van der Waals surface area contributed by atoms with E-state index in [-0.39, 0.29) is 19.1 Å². The molecule has 1 aromatic heterocycles. The molecule has 1 unspecified atom stereocenters. The number of hydrogen-bond acceptors (Lipinski definition) is 3. The van der Waals surface area contributed by atoms with Crippen LogP contribution in [0.1, 0.15) is 24.2 Å². The molecule has 25 heavy (non-hydrogen) atoms. The Morgan fingerprint density at radius 2 is 2.00 bits per heavy atom. The van der Waals surface area contributed by atoms with Gasteiger partial charge in [-0.3, -0.25) is 0 Å². The second-order valence-corrected chi connectivity index (χ2v) is 6.05. The fourth-order valence-electron chi connectivity index (χ4n) is 2.76. The first-order chi connectivity index (χ1) is 11.7. The van der Waals surface area contributed by atoms with Gasteiger partial charge < -0.3 is 20.1 Å². The third kappa shape index (κ3) is 3.32. The molecule has 1 atom stereocenters. The number of amides is 1. The van der Waals surface area contributed by atoms with Crippen molar-refractivity contribution < 1.29 is 27.8 Å². The van der Waals surface area contributed by atoms with Gasteiger partial charge in [0.25, 0.3) is 0 Å². The highest BCUT2D eigenvalue weighted by Gasteiger charge is 2.46. The van der Waals surface area contributed by atoms with E-state index in [1.54, 1.807) is 6.20 Å². The predicted molar refractivity (Wildman–Crippen MR) is 82.2 cm³/mol. The first-order valence-corrected chi connectivity index (χ1v) is 7.53. The average molecular weight is 355 g/mol. The molecule has 1 amide bonds. The predicted octanol–water partition coefficient (Wildman–Crippen LogP) is 3.24. The Kier molecular flexibility index (Phi) is 4.19. The maximum Gasteiger partial charge on any atom is 0.416 e. The molecule has 1 fully saturated rings. The van der Waals surface area contributed by atoms with Gasteiger partial charge in [0.05, 0.1) is 30.0 Å². The smallest absolute Gasteiger partial charge is 0.416 e. The molecule has 1 saturated heterocycles. The van der Waals surface area contributed by atoms with E-state index in [4.69, 9.17) is 9.84 Å². The molecule has 3 N–H and O–H groups in total. The van der Waals surface area contributed by atoms with Crippen LogP contribution in [0.4, 0.5) is 18.0 Å². The summed E-state index contributed by atoms with van der Waals surface area (Å²) in [6.07, 6.45) is -3.95. The first-order valence-electron chi connectivity index (χ1n) is 7.53. The van der Waals surface area contributed by atoms with Crippen LogP contribution >= 0.6 is 0 Å². The summed E-state index contributed by atoms with van der Waals surface area (Å²) in [6, 6.07) is 4.71. The largest absolute Gasteiger partial charge is 0.465 e. The number of imidazole rings is 1. The number of halogens is 3. The molecule has 1 aliphatic rings. The summed E-state index contributed by atoms with van der Waals surface area (Å²) in [5.41, 5.74) is -0.466. The standard InChI is InChI=1S/C16H16F3N3O3/c1-9(15(7-25-8-15)22-14(23)24)13-20-6-12(21-13)10-2-4-11(5-3-10)16(17,18)19/h2-6,9,22H,7-8H2,1H3,(H,20,21)(H,23,24). The maximum atomic E-state index is 12.6. The van der Waals surface area contributed by atoms with Gasteiger partial charge in [-0.05, 0) is 12.1 Å². The number of aromatic nitrogens is 2. The zero-order valence-corrected chi connectivity index (χ0v) is 13.2. The van der Waals surface area contributed by atoms with E-state index in [1.807, 2.05) is 6.92 Å². The number of nitrogens with zero attached hydrogens (tertiary/aromatic N) is 1. The van der Waals surface area contributed by atoms with Crippen molar-refractivity contribution in [2.24, 2.45) is 0 Å². The molecule has 1 aliphatic heterocycles. The van der Waals surface area contributed by atoms with Crippen molar-refractivity contribution in [1.82, 2.24) is 15.3 Å². The van der Waals surface area contributed by atoms with Gasteiger partial charge in [-0.1, -0.05) is 19.1 Å². The number of alkyl halides is 3. The summed E-state index contributed by atoms with van der Waals surface area (Å²) in [6.45, 7) is 2.28. The molecular weight excluding hydrogens is 339 g/mol. The van der Waals surface area contributed by atoms with Crippen LogP contribution in [0.2, 0.25) is 0 Å². The highest BCUT2D eigenvalue weighted by atomic mass is 19.4. The average Bonchev–Trinajstić information content (AvgIpc) is 2.99. The molecule has 0 radical (unpaired) electrons. The topological polar surface area (TPSA) is 87.2 Å². The van der Waals surface area contributed by atoms with Crippen molar-refractivity contribution in [3.63, 3.8) is 0 Å². The van der Waals surface area contributed by atoms with Crippen LogP contribution in [0, 0.1) is 0 Å². The van der Waals surface area contributed by atoms with Crippen LogP contribution < -0.4 is 5.32 Å². The van der Waals surface area contributed by atoms with Crippen molar-refractivity contribution in [3.8, 4) is 11.3 Å². The number of carbonyl (C=O) groups is 1. The third-order valence-corrected chi connectivity index (χ3v) is 4.42. The summed E-state index contributed by atoms with van der Waals surface area (Å²) in [5, 5.41) is 11.5. The Labute approximate surface area is 141 Å². The van der Waals surface area contributed by atoms with Crippen LogP contribution in [-0.2, 0) is 10.9 Å². The highest BCUT2D eigenvalue weighted by Crippen LogP contribution is 2.34. The van der Waals surface area contributed by atoms with Crippen molar-refractivity contribution in [2.75, 3.05) is 13.2 Å². The van der Waals surface area contributed by atoms with E-state index >= 15 is 0 Å². The monoisotopic (exact) mass is 355 g/mol. The zero-order chi connectivity index (χ0) is 18.2. The fourth-order valence-corrected chi connectivity index (χ4v) is 2.76. The second-order valence-electron chi connectivity index (χ2n) is 6.05. The van der Waals surface area contributed by atoms with Crippen LogP contribution in [0.15, 0.2) is 30.5 Å². The van der Waals surface area contributed by atoms with Gasteiger partial charge in [-0.2, -0.15) is 13.2 Å². The lowest BCUT2D eigenvalue weighted by molar-refractivity contribution is -0.137. The summed E-state index contributed by atoms with van der Waals surface area (Å²) in [7, 11) is 0. The molecule has 0 aliphatic carbocycles. The minimum absolute atomic E-state index is 0.233. The minimum Gasteiger partial charge on any atom is -0.465 e. The van der Waals surface area contributed by atoms with Gasteiger partial charge in [-0.25, -0.2) is 9.78 Å². The number of nitrogens with one attached hydrogen (secondary N) is 2. The lowest BCUT2D eigenvalue weighted by Gasteiger charge is -2.44. The normalized spacial score (nSPS) is 17.6. The van der Waals surface area contributed by atoms with Crippen molar-refractivity contribution in [3.05, 3.63) is 41.9 Å². The number of H-pyrrole nitrogens is 1. The van der Waals surface area contributed by atoms with Crippen molar-refractivity contribution in [1.29, 1.82) is 0 Å². The van der Waals surface area contributed by atoms with Gasteiger partial charge >= 0.3 is 12.3 Å². The lowest BCUT2D eigenvalue weighted by Crippen LogP contribution is -2.64. The molecule has 6 nitrogen and oxygen atoms in total. The minimum atomic E-state index is -4.39. The molecule has 134 valence electrons. The van der Waals surface area contributed by atoms with Gasteiger partial charge in [0, 0.05) is 17.7 Å². The molecule has 1 aromatic carbocycles. The number of benzene rings is 1. The second kappa shape index (κ2) is 6.07. The van der Waals surface area contributed by atoms with Crippen LogP contribution in [0.5, 0.6) is 0 Å². The maximum absolute atomic E-state index is 12.6. The first kappa shape index (κ1) is 17.3. The summed E-state index contributed by atoms with van der Waals surface area (Å²) >= 11 is 0. The number of aromatic amines is 1. The van der Waals surface area contributed by atoms with E-state index in [9.17, 15) is 18.0 Å². The molecule has 9 heteroatoms. The molecule has 2 heterocycles. The number of rotatable bonds is 4. The number of carboxylic acid groups (broad SMARTS) is 1. The third-order valence-electron chi connectivity index (χ3n) is 4.42. The summed E-state index contributed by atoms with van der Waals surface area (Å²) in [5.74, 6) is 0.243. The van der Waals surface area contributed by atoms with Crippen LogP contribution in [0.25, 0.3) is 11.3 Å². The lowest BCUT2D eigenvalue weighted by atomic mass is 9.83. The van der Waals surface area contributed by atoms with Crippen molar-refractivity contribution >= 4 is 6.09 Å². The summed E-state index contributed by atoms with van der Waals surface area (Å²) < 4.78 is 43.0. The quantitative estimate of drug-likeness (QED) is 0.786. The number of hydrogen-bond donors (Lipinski definition) is 3. The Hall–Kier alpha value is -2.55. The number of ether oxygens (including phenoxy) is 1. The fraction of sp³-hybridized carbons (Fsp3) is 0.375. The van der Waals surface area contributed by atoms with Gasteiger partial charge in [0.15, 0.2) is 0 Å². The van der Waals surface area contributed by atoms with E-state index in [2.05, 4.69) is 15.3 Å². The van der Waals surface area contributed by atoms with E-state index in [0.29, 0.717) is 17.1 Å². The SMILES string of the molecule is CC(c1nc(-c2ccc(C(F)(F)F)cc2)c[nH]1)C1(NC(=O)O)COC1. The Balaban J connectivity index is 1.81. The molecule has 0 saturated carbocycles. The highest BCUT2D eigenvalue weighted by molar-refractivity contribution is 5.66. The van der Waals surface area contributed by atoms with E-state index < -0.39 is 23.4 Å². The molecule has 3 rings (SSSR count). The van der Waals surface area contributed by atoms with E-state index in [1.165, 1.54) is 12.1 Å². The zero-order valence-electron chi connectivity index (χ0n) is 13.2.